The number of benzene rings is 1. The van der Waals surface area contributed by atoms with E-state index in [1.807, 2.05) is 34.9 Å². The minimum atomic E-state index is -0.479. The van der Waals surface area contributed by atoms with Gasteiger partial charge in [0.25, 0.3) is 5.91 Å². The summed E-state index contributed by atoms with van der Waals surface area (Å²) in [6.07, 6.45) is 6.31. The molecule has 1 aromatic carbocycles. The van der Waals surface area contributed by atoms with Gasteiger partial charge in [0, 0.05) is 18.0 Å². The Labute approximate surface area is 200 Å². The van der Waals surface area contributed by atoms with Crippen molar-refractivity contribution < 1.29 is 9.59 Å². The highest BCUT2D eigenvalue weighted by Gasteiger charge is 2.27. The second-order valence-electron chi connectivity index (χ2n) is 8.26. The lowest BCUT2D eigenvalue weighted by Crippen LogP contribution is -2.31. The molecule has 0 atom stereocenters. The number of para-hydroxylation sites is 1. The monoisotopic (exact) mass is 482 g/mol. The molecule has 5 rings (SSSR count). The van der Waals surface area contributed by atoms with Crippen molar-refractivity contribution in [2.45, 2.75) is 43.7 Å². The Kier molecular flexibility index (Phi) is 6.37. The van der Waals surface area contributed by atoms with Crippen LogP contribution in [0, 0.1) is 0 Å². The summed E-state index contributed by atoms with van der Waals surface area (Å²) in [4.78, 5) is 28.2. The lowest BCUT2D eigenvalue weighted by Gasteiger charge is -2.27. The largest absolute Gasteiger partial charge is 0.365 e. The van der Waals surface area contributed by atoms with Gasteiger partial charge in [-0.25, -0.2) is 0 Å². The van der Waals surface area contributed by atoms with Crippen LogP contribution in [0.4, 0.5) is 10.9 Å². The number of aryl methyl sites for hydroxylation is 1. The number of carbonyl (C=O) groups excluding carboxylic acids is 2. The first kappa shape index (κ1) is 22.0. The number of aromatic nitrogens is 3. The first-order valence-corrected chi connectivity index (χ1v) is 13.0. The maximum atomic E-state index is 12.8. The summed E-state index contributed by atoms with van der Waals surface area (Å²) in [7, 11) is 0. The average molecular weight is 483 g/mol. The molecule has 1 aliphatic carbocycles. The summed E-state index contributed by atoms with van der Waals surface area (Å²) in [6, 6.07) is 9.99. The Morgan fingerprint density at radius 3 is 2.61 bits per heavy atom. The number of nitrogens with zero attached hydrogens (tertiary/aromatic N) is 4. The van der Waals surface area contributed by atoms with Crippen LogP contribution in [0.5, 0.6) is 0 Å². The van der Waals surface area contributed by atoms with Crippen molar-refractivity contribution in [1.29, 1.82) is 0 Å². The fraction of sp³-hybridized carbons (Fsp3) is 0.391. The molecule has 10 heteroatoms. The zero-order chi connectivity index (χ0) is 22.8. The lowest BCUT2D eigenvalue weighted by molar-refractivity contribution is -0.113. The Morgan fingerprint density at radius 2 is 1.85 bits per heavy atom. The average Bonchev–Trinajstić information content (AvgIpc) is 3.53. The van der Waals surface area contributed by atoms with Gasteiger partial charge >= 0.3 is 0 Å². The van der Waals surface area contributed by atoms with Crippen LogP contribution in [0.25, 0.3) is 5.69 Å². The maximum Gasteiger partial charge on any atom is 0.251 e. The topological polar surface area (TPSA) is 106 Å². The van der Waals surface area contributed by atoms with E-state index in [2.05, 4.69) is 20.4 Å². The van der Waals surface area contributed by atoms with Crippen molar-refractivity contribution >= 4 is 45.9 Å². The fourth-order valence-electron chi connectivity index (χ4n) is 4.50. The standard InChI is InChI=1S/C23H26N6O2S2/c24-20(31)19-16-10-7-11-17(16)33-21(19)25-18(30)14-32-23-27-26-22(28-12-5-2-6-13-28)29(23)15-8-3-1-4-9-15/h1,3-4,8-9H,2,5-7,10-14H2,(H2,24,31)(H,25,30). The second-order valence-corrected chi connectivity index (χ2v) is 10.3. The SMILES string of the molecule is NC(=O)c1c(NC(=O)CSc2nnc(N3CCCCC3)n2-c2ccccc2)sc2c1CCC2. The highest BCUT2D eigenvalue weighted by atomic mass is 32.2. The number of amides is 2. The number of nitrogens with one attached hydrogen (secondary N) is 1. The molecular weight excluding hydrogens is 456 g/mol. The Hall–Kier alpha value is -2.85. The third-order valence-corrected chi connectivity index (χ3v) is 8.16. The third-order valence-electron chi connectivity index (χ3n) is 6.02. The molecule has 0 spiro atoms. The van der Waals surface area contributed by atoms with Gasteiger partial charge in [-0.2, -0.15) is 0 Å². The van der Waals surface area contributed by atoms with Gasteiger partial charge in [0.2, 0.25) is 11.9 Å². The van der Waals surface area contributed by atoms with Crippen molar-refractivity contribution in [2.75, 3.05) is 29.1 Å². The first-order chi connectivity index (χ1) is 16.1. The second kappa shape index (κ2) is 9.56. The number of hydrogen-bond donors (Lipinski definition) is 2. The van der Waals surface area contributed by atoms with E-state index in [-0.39, 0.29) is 11.7 Å². The number of hydrogen-bond acceptors (Lipinski definition) is 7. The molecule has 3 N–H and O–H groups in total. The molecule has 0 saturated carbocycles. The normalized spacial score (nSPS) is 15.5. The van der Waals surface area contributed by atoms with Crippen LogP contribution in [0.15, 0.2) is 35.5 Å². The molecule has 0 bridgehead atoms. The predicted octanol–water partition coefficient (Wildman–Crippen LogP) is 3.64. The van der Waals surface area contributed by atoms with Gasteiger partial charge in [-0.3, -0.25) is 14.2 Å². The molecule has 2 aromatic heterocycles. The van der Waals surface area contributed by atoms with Crippen LogP contribution in [0.2, 0.25) is 0 Å². The Balaban J connectivity index is 1.34. The predicted molar refractivity (Wildman–Crippen MR) is 132 cm³/mol. The Morgan fingerprint density at radius 1 is 1.06 bits per heavy atom. The van der Waals surface area contributed by atoms with Crippen molar-refractivity contribution in [2.24, 2.45) is 5.73 Å². The molecule has 8 nitrogen and oxygen atoms in total. The highest BCUT2D eigenvalue weighted by Crippen LogP contribution is 2.39. The van der Waals surface area contributed by atoms with E-state index in [1.165, 1.54) is 29.5 Å². The molecule has 3 aromatic rings. The minimum Gasteiger partial charge on any atom is -0.365 e. The number of piperidine rings is 1. The van der Waals surface area contributed by atoms with E-state index in [0.717, 1.165) is 67.3 Å². The number of anilines is 2. The molecular formula is C23H26N6O2S2. The van der Waals surface area contributed by atoms with Crippen LogP contribution in [0.3, 0.4) is 0 Å². The van der Waals surface area contributed by atoms with Crippen LogP contribution in [0.1, 0.15) is 46.5 Å². The highest BCUT2D eigenvalue weighted by molar-refractivity contribution is 7.99. The van der Waals surface area contributed by atoms with Gasteiger partial charge in [0.1, 0.15) is 5.00 Å². The quantitative estimate of drug-likeness (QED) is 0.498. The number of primary amides is 1. The third kappa shape index (κ3) is 4.49. The summed E-state index contributed by atoms with van der Waals surface area (Å²) in [5.74, 6) is 0.303. The zero-order valence-corrected chi connectivity index (χ0v) is 19.9. The first-order valence-electron chi connectivity index (χ1n) is 11.2. The number of thiophene rings is 1. The Bertz CT molecular complexity index is 1170. The van der Waals surface area contributed by atoms with Crippen molar-refractivity contribution in [3.05, 3.63) is 46.3 Å². The van der Waals surface area contributed by atoms with Gasteiger partial charge in [0.05, 0.1) is 17.0 Å². The van der Waals surface area contributed by atoms with E-state index in [4.69, 9.17) is 5.73 Å². The summed E-state index contributed by atoms with van der Waals surface area (Å²) >= 11 is 2.81. The summed E-state index contributed by atoms with van der Waals surface area (Å²) < 4.78 is 2.03. The van der Waals surface area contributed by atoms with E-state index in [1.54, 1.807) is 0 Å². The van der Waals surface area contributed by atoms with Crippen LogP contribution in [-0.4, -0.2) is 45.4 Å². The van der Waals surface area contributed by atoms with Crippen LogP contribution >= 0.6 is 23.1 Å². The molecule has 1 aliphatic heterocycles. The van der Waals surface area contributed by atoms with E-state index in [0.29, 0.717) is 15.7 Å². The number of fused-ring (bicyclic) bond motifs is 1. The smallest absolute Gasteiger partial charge is 0.251 e. The molecule has 0 unspecified atom stereocenters. The lowest BCUT2D eigenvalue weighted by atomic mass is 10.1. The molecule has 2 aliphatic rings. The maximum absolute atomic E-state index is 12.8. The van der Waals surface area contributed by atoms with Gasteiger partial charge in [0.15, 0.2) is 5.16 Å². The minimum absolute atomic E-state index is 0.158. The fourth-order valence-corrected chi connectivity index (χ4v) is 6.56. The van der Waals surface area contributed by atoms with E-state index >= 15 is 0 Å². The molecule has 3 heterocycles. The number of rotatable bonds is 7. The van der Waals surface area contributed by atoms with Gasteiger partial charge in [-0.15, -0.1) is 21.5 Å². The summed E-state index contributed by atoms with van der Waals surface area (Å²) in [5.41, 5.74) is 8.07. The molecule has 0 radical (unpaired) electrons. The zero-order valence-electron chi connectivity index (χ0n) is 18.2. The number of carbonyl (C=O) groups is 2. The summed E-state index contributed by atoms with van der Waals surface area (Å²) in [6.45, 7) is 1.91. The van der Waals surface area contributed by atoms with Crippen LogP contribution < -0.4 is 16.0 Å². The number of thioether (sulfide) groups is 1. The molecule has 2 amide bonds. The molecule has 1 saturated heterocycles. The van der Waals surface area contributed by atoms with Gasteiger partial charge < -0.3 is 16.0 Å². The molecule has 33 heavy (non-hydrogen) atoms. The van der Waals surface area contributed by atoms with E-state index in [9.17, 15) is 9.59 Å². The molecule has 1 fully saturated rings. The van der Waals surface area contributed by atoms with Crippen molar-refractivity contribution in [3.63, 3.8) is 0 Å². The van der Waals surface area contributed by atoms with E-state index < -0.39 is 5.91 Å². The molecule has 172 valence electrons. The van der Waals surface area contributed by atoms with Crippen LogP contribution in [-0.2, 0) is 17.6 Å². The van der Waals surface area contributed by atoms with Gasteiger partial charge in [-0.1, -0.05) is 30.0 Å². The van der Waals surface area contributed by atoms with Crippen molar-refractivity contribution in [1.82, 2.24) is 14.8 Å². The number of nitrogens with two attached hydrogens (primary N) is 1. The summed E-state index contributed by atoms with van der Waals surface area (Å²) in [5, 5.41) is 13.0. The van der Waals surface area contributed by atoms with Crippen molar-refractivity contribution in [3.8, 4) is 5.69 Å². The van der Waals surface area contributed by atoms with Gasteiger partial charge in [-0.05, 0) is 56.2 Å².